The molecule has 0 atom stereocenters. The molecule has 0 bridgehead atoms. The SMILES string of the molecule is CONC(=O)c1cc2n(n1)CCCNC2. The quantitative estimate of drug-likeness (QED) is 0.656. The van der Waals surface area contributed by atoms with E-state index >= 15 is 0 Å². The molecule has 0 radical (unpaired) electrons. The summed E-state index contributed by atoms with van der Waals surface area (Å²) in [6, 6.07) is 1.78. The highest BCUT2D eigenvalue weighted by Crippen LogP contribution is 2.08. The van der Waals surface area contributed by atoms with Crippen LogP contribution in [0.4, 0.5) is 0 Å². The van der Waals surface area contributed by atoms with Crippen molar-refractivity contribution >= 4 is 5.91 Å². The Morgan fingerprint density at radius 2 is 2.60 bits per heavy atom. The predicted molar refractivity (Wildman–Crippen MR) is 53.0 cm³/mol. The van der Waals surface area contributed by atoms with Gasteiger partial charge in [0.1, 0.15) is 0 Å². The van der Waals surface area contributed by atoms with Gasteiger partial charge in [-0.25, -0.2) is 5.48 Å². The zero-order chi connectivity index (χ0) is 10.7. The smallest absolute Gasteiger partial charge is 0.295 e. The number of fused-ring (bicyclic) bond motifs is 1. The molecule has 82 valence electrons. The summed E-state index contributed by atoms with van der Waals surface area (Å²) in [4.78, 5) is 16.0. The third kappa shape index (κ3) is 2.16. The molecule has 0 fully saturated rings. The lowest BCUT2D eigenvalue weighted by molar-refractivity contribution is 0.0531. The highest BCUT2D eigenvalue weighted by molar-refractivity contribution is 5.91. The molecule has 2 N–H and O–H groups in total. The standard InChI is InChI=1S/C9H14N4O2/c1-15-12-9(14)8-5-7-6-10-3-2-4-13(7)11-8/h5,10H,2-4,6H2,1H3,(H,12,14). The number of carbonyl (C=O) groups excluding carboxylic acids is 1. The number of amides is 1. The van der Waals surface area contributed by atoms with Gasteiger partial charge in [-0.05, 0) is 19.0 Å². The van der Waals surface area contributed by atoms with Crippen molar-refractivity contribution in [2.24, 2.45) is 0 Å². The molecule has 0 saturated carbocycles. The Labute approximate surface area is 87.6 Å². The minimum Gasteiger partial charge on any atom is -0.311 e. The normalized spacial score (nSPS) is 15.5. The number of hydroxylamine groups is 1. The van der Waals surface area contributed by atoms with Crippen LogP contribution in [-0.2, 0) is 17.9 Å². The summed E-state index contributed by atoms with van der Waals surface area (Å²) < 4.78 is 1.87. The fraction of sp³-hybridized carbons (Fsp3) is 0.556. The first-order valence-corrected chi connectivity index (χ1v) is 4.92. The average molecular weight is 210 g/mol. The fourth-order valence-electron chi connectivity index (χ4n) is 1.62. The molecule has 1 aliphatic heterocycles. The number of aromatic nitrogens is 2. The van der Waals surface area contributed by atoms with Crippen LogP contribution in [0.3, 0.4) is 0 Å². The molecule has 6 heteroatoms. The van der Waals surface area contributed by atoms with Gasteiger partial charge in [0.25, 0.3) is 5.91 Å². The van der Waals surface area contributed by atoms with Crippen LogP contribution >= 0.6 is 0 Å². The van der Waals surface area contributed by atoms with Gasteiger partial charge in [0.2, 0.25) is 0 Å². The third-order valence-corrected chi connectivity index (χ3v) is 2.32. The Morgan fingerprint density at radius 1 is 1.73 bits per heavy atom. The van der Waals surface area contributed by atoms with Crippen LogP contribution in [0.25, 0.3) is 0 Å². The van der Waals surface area contributed by atoms with Gasteiger partial charge in [0, 0.05) is 13.1 Å². The topological polar surface area (TPSA) is 68.2 Å². The molecule has 2 heterocycles. The predicted octanol–water partition coefficient (Wildman–Crippen LogP) is -0.332. The van der Waals surface area contributed by atoms with E-state index in [0.717, 1.165) is 31.7 Å². The molecule has 1 aliphatic rings. The van der Waals surface area contributed by atoms with Gasteiger partial charge in [-0.2, -0.15) is 5.10 Å². The van der Waals surface area contributed by atoms with Crippen molar-refractivity contribution in [3.05, 3.63) is 17.5 Å². The number of hydrogen-bond acceptors (Lipinski definition) is 4. The maximum absolute atomic E-state index is 11.4. The average Bonchev–Trinajstić information content (AvgIpc) is 2.51. The second-order valence-corrected chi connectivity index (χ2v) is 3.41. The largest absolute Gasteiger partial charge is 0.311 e. The first-order valence-electron chi connectivity index (χ1n) is 4.92. The highest BCUT2D eigenvalue weighted by Gasteiger charge is 2.15. The summed E-state index contributed by atoms with van der Waals surface area (Å²) in [5, 5.41) is 7.48. The molecule has 6 nitrogen and oxygen atoms in total. The summed E-state index contributed by atoms with van der Waals surface area (Å²) in [6.07, 6.45) is 1.03. The Bertz CT molecular complexity index is 337. The van der Waals surface area contributed by atoms with E-state index < -0.39 is 0 Å². The van der Waals surface area contributed by atoms with Crippen LogP contribution in [0, 0.1) is 0 Å². The Morgan fingerprint density at radius 3 is 3.40 bits per heavy atom. The molecular formula is C9H14N4O2. The minimum absolute atomic E-state index is 0.307. The Balaban J connectivity index is 2.18. The maximum atomic E-state index is 11.4. The van der Waals surface area contributed by atoms with Gasteiger partial charge in [0.15, 0.2) is 5.69 Å². The number of hydrogen-bond donors (Lipinski definition) is 2. The van der Waals surface area contributed by atoms with Gasteiger partial charge >= 0.3 is 0 Å². The molecule has 0 aromatic carbocycles. The maximum Gasteiger partial charge on any atom is 0.295 e. The van der Waals surface area contributed by atoms with Crippen LogP contribution in [-0.4, -0.2) is 29.3 Å². The van der Waals surface area contributed by atoms with Crippen LogP contribution in [0.2, 0.25) is 0 Å². The van der Waals surface area contributed by atoms with E-state index in [4.69, 9.17) is 0 Å². The van der Waals surface area contributed by atoms with E-state index in [2.05, 4.69) is 20.7 Å². The molecule has 1 amide bonds. The number of aryl methyl sites for hydroxylation is 1. The first kappa shape index (κ1) is 10.1. The van der Waals surface area contributed by atoms with Crippen LogP contribution in [0.15, 0.2) is 6.07 Å². The molecule has 1 aromatic rings. The molecule has 15 heavy (non-hydrogen) atoms. The molecule has 0 unspecified atom stereocenters. The van der Waals surface area contributed by atoms with E-state index in [1.807, 2.05) is 4.68 Å². The van der Waals surface area contributed by atoms with Crippen molar-refractivity contribution in [2.75, 3.05) is 13.7 Å². The lowest BCUT2D eigenvalue weighted by atomic mass is 10.3. The second-order valence-electron chi connectivity index (χ2n) is 3.41. The highest BCUT2D eigenvalue weighted by atomic mass is 16.6. The second kappa shape index (κ2) is 4.41. The Kier molecular flexibility index (Phi) is 2.98. The van der Waals surface area contributed by atoms with E-state index in [0.29, 0.717) is 5.69 Å². The van der Waals surface area contributed by atoms with E-state index in [9.17, 15) is 4.79 Å². The first-order chi connectivity index (χ1) is 7.31. The van der Waals surface area contributed by atoms with Crippen LogP contribution in [0.1, 0.15) is 22.6 Å². The number of carbonyl (C=O) groups is 1. The lowest BCUT2D eigenvalue weighted by Crippen LogP contribution is -2.22. The van der Waals surface area contributed by atoms with E-state index in [1.165, 1.54) is 7.11 Å². The molecule has 1 aromatic heterocycles. The summed E-state index contributed by atoms with van der Waals surface area (Å²) >= 11 is 0. The van der Waals surface area contributed by atoms with Crippen LogP contribution in [0.5, 0.6) is 0 Å². The summed E-state index contributed by atoms with van der Waals surface area (Å²) in [5.74, 6) is -0.307. The molecule has 0 spiro atoms. The van der Waals surface area contributed by atoms with E-state index in [1.54, 1.807) is 6.07 Å². The van der Waals surface area contributed by atoms with Crippen LogP contribution < -0.4 is 10.8 Å². The molecular weight excluding hydrogens is 196 g/mol. The minimum atomic E-state index is -0.307. The summed E-state index contributed by atoms with van der Waals surface area (Å²) in [6.45, 7) is 2.60. The lowest BCUT2D eigenvalue weighted by Gasteiger charge is -1.99. The number of nitrogens with one attached hydrogen (secondary N) is 2. The Hall–Kier alpha value is -1.40. The fourth-order valence-corrected chi connectivity index (χ4v) is 1.62. The van der Waals surface area contributed by atoms with Crippen molar-refractivity contribution < 1.29 is 9.63 Å². The van der Waals surface area contributed by atoms with Gasteiger partial charge in [0.05, 0.1) is 12.8 Å². The summed E-state index contributed by atoms with van der Waals surface area (Å²) in [7, 11) is 1.40. The van der Waals surface area contributed by atoms with Gasteiger partial charge in [-0.15, -0.1) is 0 Å². The van der Waals surface area contributed by atoms with Crippen molar-refractivity contribution in [3.8, 4) is 0 Å². The van der Waals surface area contributed by atoms with Crippen molar-refractivity contribution in [1.82, 2.24) is 20.6 Å². The molecule has 2 rings (SSSR count). The molecule has 0 saturated heterocycles. The van der Waals surface area contributed by atoms with Crippen molar-refractivity contribution in [1.29, 1.82) is 0 Å². The summed E-state index contributed by atoms with van der Waals surface area (Å²) in [5.41, 5.74) is 3.69. The third-order valence-electron chi connectivity index (χ3n) is 2.32. The zero-order valence-corrected chi connectivity index (χ0v) is 8.62. The number of rotatable bonds is 2. The van der Waals surface area contributed by atoms with Crippen molar-refractivity contribution in [3.63, 3.8) is 0 Å². The van der Waals surface area contributed by atoms with Gasteiger partial charge in [-0.3, -0.25) is 14.3 Å². The monoisotopic (exact) mass is 210 g/mol. The number of nitrogens with zero attached hydrogens (tertiary/aromatic N) is 2. The van der Waals surface area contributed by atoms with E-state index in [-0.39, 0.29) is 5.91 Å². The molecule has 0 aliphatic carbocycles. The van der Waals surface area contributed by atoms with Gasteiger partial charge < -0.3 is 5.32 Å². The van der Waals surface area contributed by atoms with Crippen molar-refractivity contribution in [2.45, 2.75) is 19.5 Å². The van der Waals surface area contributed by atoms with Gasteiger partial charge in [-0.1, -0.05) is 0 Å². The zero-order valence-electron chi connectivity index (χ0n) is 8.62.